The average Bonchev–Trinajstić information content (AvgIpc) is 2.89. The Bertz CT molecular complexity index is 1300. The summed E-state index contributed by atoms with van der Waals surface area (Å²) in [5, 5.41) is 17.4. The average molecular weight is 472 g/mol. The number of hydrogen-bond acceptors (Lipinski definition) is 7. The molecule has 0 fully saturated rings. The van der Waals surface area contributed by atoms with Gasteiger partial charge in [0.1, 0.15) is 18.9 Å². The minimum absolute atomic E-state index is 0.0907. The van der Waals surface area contributed by atoms with Gasteiger partial charge in [0.05, 0.1) is 11.1 Å². The predicted octanol–water partition coefficient (Wildman–Crippen LogP) is 3.29. The van der Waals surface area contributed by atoms with E-state index in [1.165, 1.54) is 36.6 Å². The van der Waals surface area contributed by atoms with E-state index in [2.05, 4.69) is 15.8 Å². The molecule has 2 amide bonds. The Morgan fingerprint density at radius 1 is 0.914 bits per heavy atom. The van der Waals surface area contributed by atoms with Crippen molar-refractivity contribution >= 4 is 29.8 Å². The highest BCUT2D eigenvalue weighted by Crippen LogP contribution is 2.30. The van der Waals surface area contributed by atoms with E-state index < -0.39 is 16.7 Å². The zero-order valence-corrected chi connectivity index (χ0v) is 18.3. The molecule has 10 heteroatoms. The van der Waals surface area contributed by atoms with Gasteiger partial charge in [-0.3, -0.25) is 19.7 Å². The molecular weight excluding hydrogens is 452 g/mol. The van der Waals surface area contributed by atoms with Gasteiger partial charge in [0.25, 0.3) is 17.5 Å². The number of fused-ring (bicyclic) bond motifs is 1. The van der Waals surface area contributed by atoms with Crippen LogP contribution in [0.4, 0.5) is 5.69 Å². The number of carbonyl (C=O) groups is 2. The van der Waals surface area contributed by atoms with Gasteiger partial charge in [0.2, 0.25) is 0 Å². The molecule has 1 aliphatic rings. The molecule has 1 heterocycles. The first-order valence-electron chi connectivity index (χ1n) is 10.6. The Kier molecular flexibility index (Phi) is 7.12. The minimum Gasteiger partial charge on any atom is -0.486 e. The summed E-state index contributed by atoms with van der Waals surface area (Å²) in [6.07, 6.45) is 2.83. The van der Waals surface area contributed by atoms with E-state index in [1.807, 2.05) is 0 Å². The van der Waals surface area contributed by atoms with Crippen molar-refractivity contribution in [3.8, 4) is 11.5 Å². The Hall–Kier alpha value is -4.99. The second-order valence-electron chi connectivity index (χ2n) is 7.33. The zero-order valence-electron chi connectivity index (χ0n) is 18.3. The van der Waals surface area contributed by atoms with Crippen molar-refractivity contribution in [2.24, 2.45) is 5.10 Å². The van der Waals surface area contributed by atoms with E-state index in [4.69, 9.17) is 9.47 Å². The van der Waals surface area contributed by atoms with E-state index >= 15 is 0 Å². The van der Waals surface area contributed by atoms with Crippen molar-refractivity contribution < 1.29 is 24.0 Å². The van der Waals surface area contributed by atoms with Crippen LogP contribution in [0, 0.1) is 10.1 Å². The first kappa shape index (κ1) is 23.2. The minimum atomic E-state index is -0.679. The van der Waals surface area contributed by atoms with Crippen molar-refractivity contribution in [3.63, 3.8) is 0 Å². The molecule has 4 rings (SSSR count). The maximum Gasteiger partial charge on any atom is 0.287 e. The molecule has 10 nitrogen and oxygen atoms in total. The maximum atomic E-state index is 12.9. The molecule has 0 atom stereocenters. The molecule has 0 unspecified atom stereocenters. The van der Waals surface area contributed by atoms with Gasteiger partial charge in [-0.25, -0.2) is 5.43 Å². The number of nitrogens with zero attached hydrogens (tertiary/aromatic N) is 2. The van der Waals surface area contributed by atoms with Gasteiger partial charge in [0.15, 0.2) is 11.5 Å². The molecule has 0 aromatic heterocycles. The number of amides is 2. The van der Waals surface area contributed by atoms with Crippen molar-refractivity contribution in [2.45, 2.75) is 0 Å². The van der Waals surface area contributed by atoms with Gasteiger partial charge in [-0.05, 0) is 59.7 Å². The van der Waals surface area contributed by atoms with Crippen LogP contribution in [0.2, 0.25) is 0 Å². The van der Waals surface area contributed by atoms with Gasteiger partial charge in [-0.2, -0.15) is 5.10 Å². The first-order chi connectivity index (χ1) is 17.0. The van der Waals surface area contributed by atoms with Gasteiger partial charge in [-0.1, -0.05) is 18.2 Å². The smallest absolute Gasteiger partial charge is 0.287 e. The molecule has 3 aromatic rings. The fourth-order valence-electron chi connectivity index (χ4n) is 3.17. The van der Waals surface area contributed by atoms with Crippen LogP contribution in [0.3, 0.4) is 0 Å². The van der Waals surface area contributed by atoms with Crippen LogP contribution in [-0.4, -0.2) is 36.2 Å². The number of non-ortho nitro benzene ring substituents is 1. The van der Waals surface area contributed by atoms with Crippen molar-refractivity contribution in [1.29, 1.82) is 0 Å². The van der Waals surface area contributed by atoms with Gasteiger partial charge in [0, 0.05) is 17.7 Å². The van der Waals surface area contributed by atoms with Crippen LogP contribution in [0.1, 0.15) is 21.5 Å². The molecule has 176 valence electrons. The fourth-order valence-corrected chi connectivity index (χ4v) is 3.17. The van der Waals surface area contributed by atoms with Crippen LogP contribution in [-0.2, 0) is 4.79 Å². The second kappa shape index (κ2) is 10.8. The summed E-state index contributed by atoms with van der Waals surface area (Å²) >= 11 is 0. The van der Waals surface area contributed by atoms with E-state index in [-0.39, 0.29) is 11.4 Å². The first-order valence-corrected chi connectivity index (χ1v) is 10.6. The van der Waals surface area contributed by atoms with Crippen LogP contribution < -0.4 is 20.2 Å². The molecule has 2 N–H and O–H groups in total. The SMILES string of the molecule is O=C(N/N=C/c1ccc2c(c1)OCCO2)/C(=C/c1ccc([N+](=O)[O-])cc1)NC(=O)c1ccccc1. The molecular formula is C25H20N4O6. The second-order valence-corrected chi connectivity index (χ2v) is 7.33. The Morgan fingerprint density at radius 2 is 1.60 bits per heavy atom. The summed E-state index contributed by atoms with van der Waals surface area (Å²) in [4.78, 5) is 35.9. The summed E-state index contributed by atoms with van der Waals surface area (Å²) in [7, 11) is 0. The van der Waals surface area contributed by atoms with E-state index in [0.717, 1.165) is 0 Å². The normalized spacial score (nSPS) is 12.7. The lowest BCUT2D eigenvalue weighted by Crippen LogP contribution is -2.32. The zero-order chi connectivity index (χ0) is 24.6. The summed E-state index contributed by atoms with van der Waals surface area (Å²) in [6, 6.07) is 19.2. The van der Waals surface area contributed by atoms with E-state index in [9.17, 15) is 19.7 Å². The lowest BCUT2D eigenvalue weighted by atomic mass is 10.1. The predicted molar refractivity (Wildman–Crippen MR) is 128 cm³/mol. The Morgan fingerprint density at radius 3 is 2.31 bits per heavy atom. The number of carbonyl (C=O) groups excluding carboxylic acids is 2. The third kappa shape index (κ3) is 6.08. The standard InChI is InChI=1S/C25H20N4O6/c30-24(19-4-2-1-3-5-19)27-21(14-17-6-9-20(10-7-17)29(32)33)25(31)28-26-16-18-8-11-22-23(15-18)35-13-12-34-22/h1-11,14-16H,12-13H2,(H,27,30)(H,28,31)/b21-14-,26-16+. The van der Waals surface area contributed by atoms with Crippen LogP contribution in [0.5, 0.6) is 11.5 Å². The lowest BCUT2D eigenvalue weighted by molar-refractivity contribution is -0.384. The molecule has 0 aliphatic carbocycles. The summed E-state index contributed by atoms with van der Waals surface area (Å²) in [6.45, 7) is 0.928. The van der Waals surface area contributed by atoms with Crippen molar-refractivity contribution in [3.05, 3.63) is 105 Å². The molecule has 0 radical (unpaired) electrons. The number of hydrogen-bond donors (Lipinski definition) is 2. The monoisotopic (exact) mass is 472 g/mol. The quantitative estimate of drug-likeness (QED) is 0.235. The molecule has 35 heavy (non-hydrogen) atoms. The van der Waals surface area contributed by atoms with Crippen LogP contribution in [0.25, 0.3) is 6.08 Å². The Labute approximate surface area is 200 Å². The molecule has 0 saturated heterocycles. The number of nitrogens with one attached hydrogen (secondary N) is 2. The highest BCUT2D eigenvalue weighted by atomic mass is 16.6. The third-order valence-corrected chi connectivity index (χ3v) is 4.89. The lowest BCUT2D eigenvalue weighted by Gasteiger charge is -2.18. The molecule has 0 spiro atoms. The maximum absolute atomic E-state index is 12.9. The topological polar surface area (TPSA) is 132 Å². The van der Waals surface area contributed by atoms with Gasteiger partial charge >= 0.3 is 0 Å². The summed E-state index contributed by atoms with van der Waals surface area (Å²) in [5.74, 6) is 0.0425. The molecule has 3 aromatic carbocycles. The highest BCUT2D eigenvalue weighted by molar-refractivity contribution is 6.05. The van der Waals surface area contributed by atoms with E-state index in [0.29, 0.717) is 41.4 Å². The highest BCUT2D eigenvalue weighted by Gasteiger charge is 2.15. The van der Waals surface area contributed by atoms with Crippen molar-refractivity contribution in [2.75, 3.05) is 13.2 Å². The molecule has 0 bridgehead atoms. The largest absolute Gasteiger partial charge is 0.486 e. The van der Waals surface area contributed by atoms with Crippen LogP contribution >= 0.6 is 0 Å². The van der Waals surface area contributed by atoms with Crippen molar-refractivity contribution in [1.82, 2.24) is 10.7 Å². The van der Waals surface area contributed by atoms with E-state index in [1.54, 1.807) is 48.5 Å². The number of nitro benzene ring substituents is 1. The van der Waals surface area contributed by atoms with Gasteiger partial charge in [-0.15, -0.1) is 0 Å². The number of nitro groups is 1. The Balaban J connectivity index is 1.52. The number of ether oxygens (including phenoxy) is 2. The number of rotatable bonds is 7. The molecule has 1 aliphatic heterocycles. The third-order valence-electron chi connectivity index (χ3n) is 4.89. The number of benzene rings is 3. The number of hydrazone groups is 1. The van der Waals surface area contributed by atoms with Gasteiger partial charge < -0.3 is 14.8 Å². The van der Waals surface area contributed by atoms with Crippen LogP contribution in [0.15, 0.2) is 83.6 Å². The summed E-state index contributed by atoms with van der Waals surface area (Å²) < 4.78 is 11.0. The summed E-state index contributed by atoms with van der Waals surface area (Å²) in [5.41, 5.74) is 3.71. The molecule has 0 saturated carbocycles. The fraction of sp³-hybridized carbons (Fsp3) is 0.0800.